The third-order valence-corrected chi connectivity index (χ3v) is 4.53. The first-order valence-corrected chi connectivity index (χ1v) is 8.63. The van der Waals surface area contributed by atoms with Crippen LogP contribution in [-0.2, 0) is 4.79 Å². The van der Waals surface area contributed by atoms with E-state index >= 15 is 0 Å². The number of hydrogen-bond acceptors (Lipinski definition) is 3. The number of halogens is 2. The number of thioether (sulfide) groups is 1. The highest BCUT2D eigenvalue weighted by Crippen LogP contribution is 2.22. The number of benzene rings is 2. The molecule has 0 radical (unpaired) electrons. The van der Waals surface area contributed by atoms with Crippen LogP contribution in [0.15, 0.2) is 46.0 Å². The van der Waals surface area contributed by atoms with Gasteiger partial charge in [0.05, 0.1) is 22.5 Å². The van der Waals surface area contributed by atoms with E-state index in [-0.39, 0.29) is 17.3 Å². The first kappa shape index (κ1) is 16.0. The predicted octanol–water partition coefficient (Wildman–Crippen LogP) is 4.50. The van der Waals surface area contributed by atoms with Crippen LogP contribution in [0.1, 0.15) is 5.56 Å². The first-order chi connectivity index (χ1) is 11.0. The molecular weight excluding hydrogens is 381 g/mol. The molecular formula is C16H13BrFN3OS. The molecule has 0 aliphatic rings. The summed E-state index contributed by atoms with van der Waals surface area (Å²) in [6.07, 6.45) is 0. The second-order valence-corrected chi connectivity index (χ2v) is 6.90. The lowest BCUT2D eigenvalue weighted by atomic mass is 10.2. The van der Waals surface area contributed by atoms with Crippen LogP contribution in [-0.4, -0.2) is 21.6 Å². The molecule has 3 aromatic rings. The minimum Gasteiger partial charge on any atom is -0.333 e. The van der Waals surface area contributed by atoms with Crippen molar-refractivity contribution in [3.05, 3.63) is 52.3 Å². The van der Waals surface area contributed by atoms with E-state index in [1.54, 1.807) is 6.07 Å². The Labute approximate surface area is 145 Å². The lowest BCUT2D eigenvalue weighted by Crippen LogP contribution is -2.15. The summed E-state index contributed by atoms with van der Waals surface area (Å²) in [5, 5.41) is 3.22. The van der Waals surface area contributed by atoms with Crippen molar-refractivity contribution in [2.75, 3.05) is 11.1 Å². The molecule has 118 valence electrons. The van der Waals surface area contributed by atoms with E-state index in [0.717, 1.165) is 16.6 Å². The van der Waals surface area contributed by atoms with Gasteiger partial charge in [0, 0.05) is 4.47 Å². The SMILES string of the molecule is Cc1ccc2nc(SCC(=O)Nc3ccc(Br)cc3F)[nH]c2c1. The minimum absolute atomic E-state index is 0.147. The number of carbonyl (C=O) groups excluding carboxylic acids is 1. The Bertz CT molecular complexity index is 881. The van der Waals surface area contributed by atoms with Crippen LogP contribution in [0.2, 0.25) is 0 Å². The van der Waals surface area contributed by atoms with E-state index in [1.807, 2.05) is 25.1 Å². The van der Waals surface area contributed by atoms with Gasteiger partial charge < -0.3 is 10.3 Å². The summed E-state index contributed by atoms with van der Waals surface area (Å²) in [6, 6.07) is 10.4. The summed E-state index contributed by atoms with van der Waals surface area (Å²) < 4.78 is 14.3. The van der Waals surface area contributed by atoms with Crippen molar-refractivity contribution in [3.63, 3.8) is 0 Å². The van der Waals surface area contributed by atoms with Crippen LogP contribution < -0.4 is 5.32 Å². The Balaban J connectivity index is 1.63. The summed E-state index contributed by atoms with van der Waals surface area (Å²) in [4.78, 5) is 19.5. The molecule has 0 atom stereocenters. The number of H-pyrrole nitrogens is 1. The van der Waals surface area contributed by atoms with Crippen molar-refractivity contribution in [1.29, 1.82) is 0 Å². The van der Waals surface area contributed by atoms with E-state index in [2.05, 4.69) is 31.2 Å². The summed E-state index contributed by atoms with van der Waals surface area (Å²) >= 11 is 4.45. The summed E-state index contributed by atoms with van der Waals surface area (Å²) in [7, 11) is 0. The average molecular weight is 394 g/mol. The van der Waals surface area contributed by atoms with Crippen molar-refractivity contribution in [3.8, 4) is 0 Å². The molecule has 0 saturated heterocycles. The molecule has 1 heterocycles. The zero-order chi connectivity index (χ0) is 16.4. The topological polar surface area (TPSA) is 57.8 Å². The predicted molar refractivity (Wildman–Crippen MR) is 94.3 cm³/mol. The molecule has 1 aromatic heterocycles. The highest BCUT2D eigenvalue weighted by atomic mass is 79.9. The largest absolute Gasteiger partial charge is 0.333 e. The average Bonchev–Trinajstić information content (AvgIpc) is 2.90. The van der Waals surface area contributed by atoms with Crippen LogP contribution in [0, 0.1) is 12.7 Å². The van der Waals surface area contributed by atoms with Gasteiger partial charge in [-0.1, -0.05) is 33.8 Å². The fourth-order valence-corrected chi connectivity index (χ4v) is 3.10. The quantitative estimate of drug-likeness (QED) is 0.641. The maximum absolute atomic E-state index is 13.7. The number of fused-ring (bicyclic) bond motifs is 1. The van der Waals surface area contributed by atoms with Gasteiger partial charge in [0.2, 0.25) is 5.91 Å². The molecule has 0 aliphatic carbocycles. The molecule has 0 saturated carbocycles. The van der Waals surface area contributed by atoms with Crippen LogP contribution in [0.5, 0.6) is 0 Å². The van der Waals surface area contributed by atoms with Gasteiger partial charge in [-0.2, -0.15) is 0 Å². The molecule has 2 N–H and O–H groups in total. The maximum atomic E-state index is 13.7. The summed E-state index contributed by atoms with van der Waals surface area (Å²) in [5.74, 6) is -0.612. The van der Waals surface area contributed by atoms with Crippen LogP contribution in [0.3, 0.4) is 0 Å². The van der Waals surface area contributed by atoms with Gasteiger partial charge in [-0.3, -0.25) is 4.79 Å². The second-order valence-electron chi connectivity index (χ2n) is 5.02. The first-order valence-electron chi connectivity index (χ1n) is 6.85. The zero-order valence-corrected chi connectivity index (χ0v) is 14.6. The lowest BCUT2D eigenvalue weighted by Gasteiger charge is -2.05. The number of aromatic nitrogens is 2. The van der Waals surface area contributed by atoms with Crippen molar-refractivity contribution < 1.29 is 9.18 Å². The monoisotopic (exact) mass is 393 g/mol. The smallest absolute Gasteiger partial charge is 0.234 e. The van der Waals surface area contributed by atoms with E-state index in [1.165, 1.54) is 23.9 Å². The Morgan fingerprint density at radius 2 is 2.17 bits per heavy atom. The number of hydrogen-bond donors (Lipinski definition) is 2. The Kier molecular flexibility index (Phi) is 4.68. The molecule has 23 heavy (non-hydrogen) atoms. The molecule has 0 unspecified atom stereocenters. The van der Waals surface area contributed by atoms with Crippen molar-refractivity contribution >= 4 is 50.3 Å². The van der Waals surface area contributed by atoms with Gasteiger partial charge in [0.15, 0.2) is 5.16 Å². The molecule has 0 spiro atoms. The van der Waals surface area contributed by atoms with Gasteiger partial charge in [0.1, 0.15) is 5.82 Å². The molecule has 0 fully saturated rings. The van der Waals surface area contributed by atoms with Gasteiger partial charge in [0.25, 0.3) is 0 Å². The third kappa shape index (κ3) is 3.92. The Morgan fingerprint density at radius 3 is 2.96 bits per heavy atom. The van der Waals surface area contributed by atoms with Crippen LogP contribution >= 0.6 is 27.7 Å². The number of aromatic amines is 1. The van der Waals surface area contributed by atoms with E-state index < -0.39 is 5.82 Å². The number of aryl methyl sites for hydroxylation is 1. The number of rotatable bonds is 4. The number of carbonyl (C=O) groups is 1. The molecule has 0 aliphatic heterocycles. The van der Waals surface area contributed by atoms with Crippen molar-refractivity contribution in [2.24, 2.45) is 0 Å². The Hall–Kier alpha value is -1.86. The highest BCUT2D eigenvalue weighted by molar-refractivity contribution is 9.10. The molecule has 4 nitrogen and oxygen atoms in total. The van der Waals surface area contributed by atoms with E-state index in [4.69, 9.17) is 0 Å². The summed E-state index contributed by atoms with van der Waals surface area (Å²) in [6.45, 7) is 2.01. The maximum Gasteiger partial charge on any atom is 0.234 e. The fourth-order valence-electron chi connectivity index (χ4n) is 2.08. The highest BCUT2D eigenvalue weighted by Gasteiger charge is 2.10. The van der Waals surface area contributed by atoms with Crippen molar-refractivity contribution in [1.82, 2.24) is 9.97 Å². The molecule has 3 rings (SSSR count). The molecule has 0 bridgehead atoms. The number of imidazole rings is 1. The second kappa shape index (κ2) is 6.72. The lowest BCUT2D eigenvalue weighted by molar-refractivity contribution is -0.113. The zero-order valence-electron chi connectivity index (χ0n) is 12.2. The minimum atomic E-state index is -0.475. The standard InChI is InChI=1S/C16H13BrFN3OS/c1-9-2-4-13-14(6-9)21-16(20-13)23-8-15(22)19-12-5-3-10(17)7-11(12)18/h2-7H,8H2,1H3,(H,19,22)(H,20,21). The van der Waals surface area contributed by atoms with Gasteiger partial charge >= 0.3 is 0 Å². The van der Waals surface area contributed by atoms with E-state index in [0.29, 0.717) is 9.63 Å². The van der Waals surface area contributed by atoms with Crippen LogP contribution in [0.4, 0.5) is 10.1 Å². The van der Waals surface area contributed by atoms with Crippen LogP contribution in [0.25, 0.3) is 11.0 Å². The summed E-state index contributed by atoms with van der Waals surface area (Å²) in [5.41, 5.74) is 3.10. The molecule has 7 heteroatoms. The van der Waals surface area contributed by atoms with Crippen molar-refractivity contribution in [2.45, 2.75) is 12.1 Å². The molecule has 2 aromatic carbocycles. The number of anilines is 1. The number of nitrogens with zero attached hydrogens (tertiary/aromatic N) is 1. The normalized spacial score (nSPS) is 10.9. The number of amides is 1. The fraction of sp³-hybridized carbons (Fsp3) is 0.125. The van der Waals surface area contributed by atoms with Gasteiger partial charge in [-0.15, -0.1) is 0 Å². The van der Waals surface area contributed by atoms with Gasteiger partial charge in [-0.25, -0.2) is 9.37 Å². The van der Waals surface area contributed by atoms with E-state index in [9.17, 15) is 9.18 Å². The Morgan fingerprint density at radius 1 is 1.35 bits per heavy atom. The number of nitrogens with one attached hydrogen (secondary N) is 2. The molecule has 1 amide bonds. The third-order valence-electron chi connectivity index (χ3n) is 3.16. The van der Waals surface area contributed by atoms with Gasteiger partial charge in [-0.05, 0) is 42.8 Å².